The SMILES string of the molecule is COCc1cc(=O)n(CC(=O)Nc2ccc(C)cc2F)c(N2CCOCC2)n1. The number of carbonyl (C=O) groups is 1. The van der Waals surface area contributed by atoms with Crippen LogP contribution in [0.2, 0.25) is 0 Å². The second kappa shape index (κ2) is 8.94. The number of ether oxygens (including phenoxy) is 2. The predicted octanol–water partition coefficient (Wildman–Crippen LogP) is 1.31. The van der Waals surface area contributed by atoms with E-state index in [0.717, 1.165) is 5.56 Å². The second-order valence-electron chi connectivity index (χ2n) is 6.54. The molecule has 2 aromatic rings. The molecule has 1 aliphatic rings. The third-order valence-corrected chi connectivity index (χ3v) is 4.33. The average molecular weight is 390 g/mol. The zero-order chi connectivity index (χ0) is 20.1. The predicted molar refractivity (Wildman–Crippen MR) is 102 cm³/mol. The molecule has 0 saturated carbocycles. The molecule has 0 spiro atoms. The lowest BCUT2D eigenvalue weighted by Crippen LogP contribution is -2.42. The lowest BCUT2D eigenvalue weighted by Gasteiger charge is -2.29. The minimum absolute atomic E-state index is 0.0699. The number of hydrogen-bond acceptors (Lipinski definition) is 6. The molecule has 0 radical (unpaired) electrons. The first-order valence-corrected chi connectivity index (χ1v) is 8.96. The van der Waals surface area contributed by atoms with Crippen LogP contribution in [0.5, 0.6) is 0 Å². The Bertz CT molecular complexity index is 909. The maximum absolute atomic E-state index is 14.0. The van der Waals surface area contributed by atoms with Crippen molar-refractivity contribution in [1.82, 2.24) is 9.55 Å². The fourth-order valence-corrected chi connectivity index (χ4v) is 2.97. The molecule has 0 atom stereocenters. The molecule has 1 amide bonds. The Morgan fingerprint density at radius 2 is 2.07 bits per heavy atom. The van der Waals surface area contributed by atoms with Crippen molar-refractivity contribution in [3.05, 3.63) is 51.7 Å². The summed E-state index contributed by atoms with van der Waals surface area (Å²) in [5, 5.41) is 2.51. The van der Waals surface area contributed by atoms with Crippen LogP contribution in [0.15, 0.2) is 29.1 Å². The number of aromatic nitrogens is 2. The first-order valence-electron chi connectivity index (χ1n) is 8.96. The Morgan fingerprint density at radius 1 is 1.32 bits per heavy atom. The van der Waals surface area contributed by atoms with E-state index in [1.165, 1.54) is 29.9 Å². The molecule has 1 aromatic carbocycles. The number of nitrogens with one attached hydrogen (secondary N) is 1. The Kier molecular flexibility index (Phi) is 6.37. The largest absolute Gasteiger partial charge is 0.378 e. The standard InChI is InChI=1S/C19H23FN4O4/c1-13-3-4-16(15(20)9-13)22-17(25)11-24-18(26)10-14(12-27-2)21-19(24)23-5-7-28-8-6-23/h3-4,9-10H,5-8,11-12H2,1-2H3,(H,22,25). The minimum atomic E-state index is -0.525. The van der Waals surface area contributed by atoms with E-state index in [1.807, 2.05) is 4.90 Å². The average Bonchev–Trinajstić information content (AvgIpc) is 2.67. The monoisotopic (exact) mass is 390 g/mol. The van der Waals surface area contributed by atoms with Crippen molar-refractivity contribution in [2.75, 3.05) is 43.6 Å². The lowest BCUT2D eigenvalue weighted by atomic mass is 10.2. The number of aryl methyl sites for hydroxylation is 1. The zero-order valence-electron chi connectivity index (χ0n) is 15.9. The Labute approximate surface area is 161 Å². The van der Waals surface area contributed by atoms with Crippen LogP contribution in [0.4, 0.5) is 16.0 Å². The van der Waals surface area contributed by atoms with E-state index in [2.05, 4.69) is 10.3 Å². The molecule has 1 aromatic heterocycles. The van der Waals surface area contributed by atoms with Gasteiger partial charge in [-0.05, 0) is 24.6 Å². The number of nitrogens with zero attached hydrogens (tertiary/aromatic N) is 3. The van der Waals surface area contributed by atoms with Gasteiger partial charge in [-0.2, -0.15) is 0 Å². The van der Waals surface area contributed by atoms with Crippen LogP contribution >= 0.6 is 0 Å². The molecule has 150 valence electrons. The quantitative estimate of drug-likeness (QED) is 0.801. The molecule has 8 nitrogen and oxygen atoms in total. The van der Waals surface area contributed by atoms with Crippen molar-refractivity contribution in [3.63, 3.8) is 0 Å². The normalized spacial score (nSPS) is 14.2. The number of methoxy groups -OCH3 is 1. The van der Waals surface area contributed by atoms with Gasteiger partial charge in [0.05, 0.1) is 31.2 Å². The van der Waals surface area contributed by atoms with E-state index < -0.39 is 11.7 Å². The van der Waals surface area contributed by atoms with Crippen molar-refractivity contribution in [2.45, 2.75) is 20.1 Å². The summed E-state index contributed by atoms with van der Waals surface area (Å²) in [6, 6.07) is 5.87. The van der Waals surface area contributed by atoms with Crippen molar-refractivity contribution in [2.24, 2.45) is 0 Å². The summed E-state index contributed by atoms with van der Waals surface area (Å²) in [7, 11) is 1.52. The molecular weight excluding hydrogens is 367 g/mol. The van der Waals surface area contributed by atoms with Gasteiger partial charge in [-0.15, -0.1) is 0 Å². The van der Waals surface area contributed by atoms with Gasteiger partial charge in [0.15, 0.2) is 0 Å². The van der Waals surface area contributed by atoms with E-state index in [1.54, 1.807) is 13.0 Å². The fourth-order valence-electron chi connectivity index (χ4n) is 2.97. The Hall–Kier alpha value is -2.78. The molecule has 3 rings (SSSR count). The van der Waals surface area contributed by atoms with Gasteiger partial charge < -0.3 is 19.7 Å². The summed E-state index contributed by atoms with van der Waals surface area (Å²) < 4.78 is 25.7. The summed E-state index contributed by atoms with van der Waals surface area (Å²) in [5.41, 5.74) is 0.929. The van der Waals surface area contributed by atoms with Gasteiger partial charge >= 0.3 is 0 Å². The molecular formula is C19H23FN4O4. The highest BCUT2D eigenvalue weighted by atomic mass is 19.1. The summed E-state index contributed by atoms with van der Waals surface area (Å²) in [6.07, 6.45) is 0. The third kappa shape index (κ3) is 4.73. The number of anilines is 2. The van der Waals surface area contributed by atoms with Gasteiger partial charge in [0.25, 0.3) is 5.56 Å². The lowest BCUT2D eigenvalue weighted by molar-refractivity contribution is -0.116. The van der Waals surface area contributed by atoms with E-state index in [9.17, 15) is 14.0 Å². The maximum Gasteiger partial charge on any atom is 0.255 e. The van der Waals surface area contributed by atoms with E-state index in [0.29, 0.717) is 37.9 Å². The number of carbonyl (C=O) groups excluding carboxylic acids is 1. The summed E-state index contributed by atoms with van der Waals surface area (Å²) in [6.45, 7) is 3.79. The maximum atomic E-state index is 14.0. The number of hydrogen-bond donors (Lipinski definition) is 1. The molecule has 1 fully saturated rings. The van der Waals surface area contributed by atoms with Crippen LogP contribution in [-0.2, 0) is 27.4 Å². The topological polar surface area (TPSA) is 85.7 Å². The molecule has 0 aliphatic carbocycles. The second-order valence-corrected chi connectivity index (χ2v) is 6.54. The summed E-state index contributed by atoms with van der Waals surface area (Å²) >= 11 is 0. The van der Waals surface area contributed by atoms with Crippen molar-refractivity contribution in [1.29, 1.82) is 0 Å². The van der Waals surface area contributed by atoms with Gasteiger partial charge in [-0.25, -0.2) is 9.37 Å². The van der Waals surface area contributed by atoms with Crippen LogP contribution in [0.1, 0.15) is 11.3 Å². The first kappa shape index (κ1) is 20.0. The van der Waals surface area contributed by atoms with Crippen LogP contribution in [0.25, 0.3) is 0 Å². The number of morpholine rings is 1. The molecule has 1 aliphatic heterocycles. The van der Waals surface area contributed by atoms with Gasteiger partial charge in [0.2, 0.25) is 11.9 Å². The molecule has 0 unspecified atom stereocenters. The van der Waals surface area contributed by atoms with Gasteiger partial charge in [-0.1, -0.05) is 6.07 Å². The molecule has 28 heavy (non-hydrogen) atoms. The Morgan fingerprint density at radius 3 is 2.75 bits per heavy atom. The van der Waals surface area contributed by atoms with E-state index >= 15 is 0 Å². The minimum Gasteiger partial charge on any atom is -0.378 e. The van der Waals surface area contributed by atoms with Crippen LogP contribution in [0.3, 0.4) is 0 Å². The molecule has 9 heteroatoms. The highest BCUT2D eigenvalue weighted by molar-refractivity contribution is 5.90. The number of rotatable bonds is 6. The summed E-state index contributed by atoms with van der Waals surface area (Å²) in [4.78, 5) is 31.5. The molecule has 0 bridgehead atoms. The van der Waals surface area contributed by atoms with Crippen molar-refractivity contribution >= 4 is 17.5 Å². The first-order chi connectivity index (χ1) is 13.5. The molecule has 2 heterocycles. The highest BCUT2D eigenvalue weighted by Gasteiger charge is 2.20. The van der Waals surface area contributed by atoms with Gasteiger partial charge in [-0.3, -0.25) is 14.2 Å². The van der Waals surface area contributed by atoms with Crippen molar-refractivity contribution in [3.8, 4) is 0 Å². The highest BCUT2D eigenvalue weighted by Crippen LogP contribution is 2.16. The number of benzene rings is 1. The Balaban J connectivity index is 1.86. The molecule has 1 saturated heterocycles. The van der Waals surface area contributed by atoms with Gasteiger partial charge in [0.1, 0.15) is 12.4 Å². The summed E-state index contributed by atoms with van der Waals surface area (Å²) in [5.74, 6) is -0.661. The van der Waals surface area contributed by atoms with E-state index in [-0.39, 0.29) is 24.4 Å². The smallest absolute Gasteiger partial charge is 0.255 e. The fraction of sp³-hybridized carbons (Fsp3) is 0.421. The van der Waals surface area contributed by atoms with Crippen LogP contribution in [0, 0.1) is 12.7 Å². The zero-order valence-corrected chi connectivity index (χ0v) is 15.9. The third-order valence-electron chi connectivity index (χ3n) is 4.33. The van der Waals surface area contributed by atoms with Crippen molar-refractivity contribution < 1.29 is 18.7 Å². The molecule has 1 N–H and O–H groups in total. The van der Waals surface area contributed by atoms with E-state index in [4.69, 9.17) is 9.47 Å². The van der Waals surface area contributed by atoms with Crippen LogP contribution in [-0.4, -0.2) is 48.9 Å². The number of halogens is 1. The van der Waals surface area contributed by atoms with Crippen LogP contribution < -0.4 is 15.8 Å². The number of amides is 1. The van der Waals surface area contributed by atoms with Gasteiger partial charge in [0, 0.05) is 26.3 Å².